The fraction of sp³-hybridized carbons (Fsp3) is 0.421. The first-order valence-corrected chi connectivity index (χ1v) is 10.5. The van der Waals surface area contributed by atoms with E-state index in [4.69, 9.17) is 4.74 Å². The summed E-state index contributed by atoms with van der Waals surface area (Å²) in [4.78, 5) is 4.34. The quantitative estimate of drug-likeness (QED) is 0.532. The standard InChI is InChI=1S/C19H21Br2F3N4O/c1-12(11-28-13(2)17(21)18(25-28)19(22,23)24)26-6-8-27(9-7-26)14-4-5-15(20)16(10-14)29-3/h4-5,10H,1,6-9,11H2,2-3H3. The molecule has 1 aromatic carbocycles. The van der Waals surface area contributed by atoms with Crippen LogP contribution in [0.5, 0.6) is 5.75 Å². The van der Waals surface area contributed by atoms with Gasteiger partial charge in [0.1, 0.15) is 5.75 Å². The minimum absolute atomic E-state index is 0.0215. The number of rotatable bonds is 5. The largest absolute Gasteiger partial charge is 0.495 e. The predicted octanol–water partition coefficient (Wildman–Crippen LogP) is 5.08. The van der Waals surface area contributed by atoms with Crippen molar-refractivity contribution in [2.75, 3.05) is 38.2 Å². The fourth-order valence-corrected chi connectivity index (χ4v) is 4.18. The van der Waals surface area contributed by atoms with Crippen molar-refractivity contribution in [1.29, 1.82) is 0 Å². The SMILES string of the molecule is C=C(Cn1nc(C(F)(F)F)c(Br)c1C)N1CCN(c2ccc(Br)c(OC)c2)CC1. The molecule has 0 aliphatic carbocycles. The zero-order chi connectivity index (χ0) is 21.3. The van der Waals surface area contributed by atoms with Crippen LogP contribution in [0.4, 0.5) is 18.9 Å². The van der Waals surface area contributed by atoms with Gasteiger partial charge in [-0.15, -0.1) is 0 Å². The van der Waals surface area contributed by atoms with Crippen molar-refractivity contribution in [2.45, 2.75) is 19.6 Å². The van der Waals surface area contributed by atoms with Gasteiger partial charge in [0, 0.05) is 43.6 Å². The Balaban J connectivity index is 1.64. The predicted molar refractivity (Wildman–Crippen MR) is 113 cm³/mol. The number of nitrogens with zero attached hydrogens (tertiary/aromatic N) is 4. The molecule has 0 amide bonds. The summed E-state index contributed by atoms with van der Waals surface area (Å²) in [6, 6.07) is 5.97. The topological polar surface area (TPSA) is 33.5 Å². The first kappa shape index (κ1) is 22.0. The molecule has 3 rings (SSSR count). The maximum absolute atomic E-state index is 13.1. The molecule has 2 aromatic rings. The number of hydrogen-bond donors (Lipinski definition) is 0. The van der Waals surface area contributed by atoms with Crippen LogP contribution in [0.25, 0.3) is 0 Å². The van der Waals surface area contributed by atoms with Gasteiger partial charge in [0.05, 0.1) is 28.3 Å². The number of ether oxygens (including phenoxy) is 1. The lowest BCUT2D eigenvalue weighted by molar-refractivity contribution is -0.142. The molecule has 158 valence electrons. The molecule has 0 radical (unpaired) electrons. The van der Waals surface area contributed by atoms with Crippen LogP contribution in [0.1, 0.15) is 11.4 Å². The molecule has 0 saturated carbocycles. The number of methoxy groups -OCH3 is 1. The summed E-state index contributed by atoms with van der Waals surface area (Å²) in [7, 11) is 1.63. The van der Waals surface area contributed by atoms with E-state index in [0.29, 0.717) is 5.69 Å². The lowest BCUT2D eigenvalue weighted by atomic mass is 10.2. The van der Waals surface area contributed by atoms with Crippen LogP contribution < -0.4 is 9.64 Å². The average molecular weight is 538 g/mol. The Hall–Kier alpha value is -1.68. The van der Waals surface area contributed by atoms with E-state index in [1.807, 2.05) is 18.2 Å². The zero-order valence-corrected chi connectivity index (χ0v) is 19.2. The van der Waals surface area contributed by atoms with Crippen molar-refractivity contribution in [3.05, 3.63) is 50.8 Å². The van der Waals surface area contributed by atoms with E-state index < -0.39 is 11.9 Å². The Morgan fingerprint density at radius 2 is 1.86 bits per heavy atom. The van der Waals surface area contributed by atoms with Crippen LogP contribution in [0.3, 0.4) is 0 Å². The van der Waals surface area contributed by atoms with Crippen molar-refractivity contribution < 1.29 is 17.9 Å². The fourth-order valence-electron chi connectivity index (χ4n) is 3.26. The van der Waals surface area contributed by atoms with Gasteiger partial charge < -0.3 is 14.5 Å². The Morgan fingerprint density at radius 3 is 2.41 bits per heavy atom. The normalized spacial score (nSPS) is 15.0. The third kappa shape index (κ3) is 4.74. The van der Waals surface area contributed by atoms with E-state index in [1.165, 1.54) is 4.68 Å². The highest BCUT2D eigenvalue weighted by Crippen LogP contribution is 2.36. The van der Waals surface area contributed by atoms with Gasteiger partial charge in [-0.05, 0) is 50.9 Å². The lowest BCUT2D eigenvalue weighted by Crippen LogP contribution is -2.46. The molecule has 0 atom stereocenters. The molecule has 5 nitrogen and oxygen atoms in total. The van der Waals surface area contributed by atoms with Gasteiger partial charge in [-0.25, -0.2) is 0 Å². The third-order valence-corrected chi connectivity index (χ3v) is 6.57. The molecule has 2 heterocycles. The zero-order valence-electron chi connectivity index (χ0n) is 16.1. The first-order chi connectivity index (χ1) is 13.6. The van der Waals surface area contributed by atoms with Gasteiger partial charge in [0.15, 0.2) is 5.69 Å². The molecular formula is C19H21Br2F3N4O. The van der Waals surface area contributed by atoms with Crippen LogP contribution in [-0.2, 0) is 12.7 Å². The number of aromatic nitrogens is 2. The maximum atomic E-state index is 13.1. The molecule has 0 N–H and O–H groups in total. The van der Waals surface area contributed by atoms with E-state index >= 15 is 0 Å². The van der Waals surface area contributed by atoms with Gasteiger partial charge in [0.2, 0.25) is 0 Å². The highest BCUT2D eigenvalue weighted by atomic mass is 79.9. The summed E-state index contributed by atoms with van der Waals surface area (Å²) in [6.45, 7) is 8.91. The van der Waals surface area contributed by atoms with Gasteiger partial charge in [-0.3, -0.25) is 4.68 Å². The van der Waals surface area contributed by atoms with Crippen LogP contribution in [0.2, 0.25) is 0 Å². The second kappa shape index (κ2) is 8.59. The summed E-state index contributed by atoms with van der Waals surface area (Å²) in [6.07, 6.45) is -4.49. The van der Waals surface area contributed by atoms with Crippen LogP contribution in [0.15, 0.2) is 39.4 Å². The Kier molecular flexibility index (Phi) is 6.52. The van der Waals surface area contributed by atoms with Crippen LogP contribution in [-0.4, -0.2) is 48.0 Å². The number of alkyl halides is 3. The molecule has 0 bridgehead atoms. The molecule has 1 saturated heterocycles. The van der Waals surface area contributed by atoms with Gasteiger partial charge in [-0.1, -0.05) is 6.58 Å². The van der Waals surface area contributed by atoms with E-state index in [0.717, 1.165) is 47.8 Å². The molecule has 10 heteroatoms. The molecular weight excluding hydrogens is 517 g/mol. The number of halogens is 5. The smallest absolute Gasteiger partial charge is 0.436 e. The Morgan fingerprint density at radius 1 is 1.21 bits per heavy atom. The van der Waals surface area contributed by atoms with E-state index in [2.05, 4.69) is 53.3 Å². The molecule has 1 fully saturated rings. The third-order valence-electron chi connectivity index (χ3n) is 4.96. The first-order valence-electron chi connectivity index (χ1n) is 8.93. The van der Waals surface area contributed by atoms with Crippen molar-refractivity contribution in [3.8, 4) is 5.75 Å². The molecule has 0 spiro atoms. The highest BCUT2D eigenvalue weighted by molar-refractivity contribution is 9.10. The number of benzene rings is 1. The second-order valence-electron chi connectivity index (χ2n) is 6.76. The second-order valence-corrected chi connectivity index (χ2v) is 8.41. The van der Waals surface area contributed by atoms with Gasteiger partial charge in [-0.2, -0.15) is 18.3 Å². The monoisotopic (exact) mass is 536 g/mol. The maximum Gasteiger partial charge on any atom is 0.436 e. The molecule has 1 aliphatic heterocycles. The molecule has 1 aliphatic rings. The van der Waals surface area contributed by atoms with Crippen molar-refractivity contribution in [3.63, 3.8) is 0 Å². The van der Waals surface area contributed by atoms with E-state index in [9.17, 15) is 13.2 Å². The summed E-state index contributed by atoms with van der Waals surface area (Å²) < 4.78 is 46.8. The number of hydrogen-bond acceptors (Lipinski definition) is 4. The molecule has 29 heavy (non-hydrogen) atoms. The summed E-state index contributed by atoms with van der Waals surface area (Å²) in [5.74, 6) is 0.773. The summed E-state index contributed by atoms with van der Waals surface area (Å²) in [5.41, 5.74) is 1.33. The summed E-state index contributed by atoms with van der Waals surface area (Å²) in [5, 5.41) is 3.73. The highest BCUT2D eigenvalue weighted by Gasteiger charge is 2.38. The number of allylic oxidation sites excluding steroid dienone is 1. The van der Waals surface area contributed by atoms with Gasteiger partial charge in [0.25, 0.3) is 0 Å². The minimum atomic E-state index is -4.49. The van der Waals surface area contributed by atoms with Crippen LogP contribution in [0, 0.1) is 6.92 Å². The number of anilines is 1. The Labute approximate surface area is 184 Å². The van der Waals surface area contributed by atoms with Crippen molar-refractivity contribution >= 4 is 37.5 Å². The summed E-state index contributed by atoms with van der Waals surface area (Å²) >= 11 is 6.46. The average Bonchev–Trinajstić information content (AvgIpc) is 2.97. The van der Waals surface area contributed by atoms with Gasteiger partial charge >= 0.3 is 6.18 Å². The van der Waals surface area contributed by atoms with E-state index in [1.54, 1.807) is 14.0 Å². The molecule has 0 unspecified atom stereocenters. The van der Waals surface area contributed by atoms with Crippen LogP contribution >= 0.6 is 31.9 Å². The minimum Gasteiger partial charge on any atom is -0.495 e. The lowest BCUT2D eigenvalue weighted by Gasteiger charge is -2.38. The Bertz CT molecular complexity index is 906. The van der Waals surface area contributed by atoms with E-state index in [-0.39, 0.29) is 11.0 Å². The van der Waals surface area contributed by atoms with Crippen molar-refractivity contribution in [2.24, 2.45) is 0 Å². The number of piperazine rings is 1. The molecule has 1 aromatic heterocycles. The van der Waals surface area contributed by atoms with Crippen molar-refractivity contribution in [1.82, 2.24) is 14.7 Å².